The van der Waals surface area contributed by atoms with Gasteiger partial charge in [0.15, 0.2) is 12.2 Å². The van der Waals surface area contributed by atoms with Gasteiger partial charge in [0.05, 0.1) is 13.3 Å². The maximum Gasteiger partial charge on any atom is 0.339 e. The largest absolute Gasteiger partial charge is 0.496 e. The molecular formula is C11H9NO4. The number of carboxylic acids is 1. The van der Waals surface area contributed by atoms with Crippen molar-refractivity contribution in [2.75, 3.05) is 7.11 Å². The summed E-state index contributed by atoms with van der Waals surface area (Å²) < 4.78 is 10.1. The lowest BCUT2D eigenvalue weighted by Gasteiger charge is -2.05. The smallest absolute Gasteiger partial charge is 0.339 e. The minimum Gasteiger partial charge on any atom is -0.496 e. The van der Waals surface area contributed by atoms with Crippen LogP contribution < -0.4 is 4.74 Å². The highest BCUT2D eigenvalue weighted by molar-refractivity contribution is 5.91. The van der Waals surface area contributed by atoms with Crippen molar-refractivity contribution in [3.05, 3.63) is 36.4 Å². The van der Waals surface area contributed by atoms with Gasteiger partial charge >= 0.3 is 5.97 Å². The Balaban J connectivity index is 2.49. The molecule has 0 atom stereocenters. The minimum absolute atomic E-state index is 0.116. The van der Waals surface area contributed by atoms with Crippen LogP contribution in [0.4, 0.5) is 0 Å². The number of hydrogen-bond donors (Lipinski definition) is 1. The number of carbonyl (C=O) groups is 1. The van der Waals surface area contributed by atoms with Crippen molar-refractivity contribution in [1.29, 1.82) is 0 Å². The van der Waals surface area contributed by atoms with Gasteiger partial charge in [-0.1, -0.05) is 6.07 Å². The number of aromatic nitrogens is 1. The number of benzene rings is 1. The molecule has 0 saturated carbocycles. The van der Waals surface area contributed by atoms with Crippen LogP contribution in [-0.4, -0.2) is 23.2 Å². The van der Waals surface area contributed by atoms with E-state index < -0.39 is 5.97 Å². The summed E-state index contributed by atoms with van der Waals surface area (Å²) in [6.07, 6.45) is 2.86. The Labute approximate surface area is 91.3 Å². The van der Waals surface area contributed by atoms with Crippen LogP contribution in [0.2, 0.25) is 0 Å². The van der Waals surface area contributed by atoms with Crippen molar-refractivity contribution < 1.29 is 19.1 Å². The topological polar surface area (TPSA) is 72.6 Å². The van der Waals surface area contributed by atoms with Crippen molar-refractivity contribution in [3.8, 4) is 17.1 Å². The van der Waals surface area contributed by atoms with Crippen LogP contribution in [0.15, 0.2) is 35.2 Å². The normalized spacial score (nSPS) is 10.1. The number of methoxy groups -OCH3 is 1. The van der Waals surface area contributed by atoms with Crippen LogP contribution in [0.3, 0.4) is 0 Å². The summed E-state index contributed by atoms with van der Waals surface area (Å²) in [5.74, 6) is -0.169. The summed E-state index contributed by atoms with van der Waals surface area (Å²) in [5.41, 5.74) is 0.838. The van der Waals surface area contributed by atoms with Gasteiger partial charge in [0.25, 0.3) is 0 Å². The van der Waals surface area contributed by atoms with Crippen molar-refractivity contribution in [3.63, 3.8) is 0 Å². The molecule has 2 rings (SSSR count). The van der Waals surface area contributed by atoms with Crippen molar-refractivity contribution in [2.45, 2.75) is 0 Å². The first-order valence-electron chi connectivity index (χ1n) is 4.52. The molecule has 0 bridgehead atoms. The molecule has 1 heterocycles. The summed E-state index contributed by atoms with van der Waals surface area (Å²) in [5, 5.41) is 8.90. The Morgan fingerprint density at radius 2 is 2.31 bits per heavy atom. The molecule has 0 spiro atoms. The van der Waals surface area contributed by atoms with Crippen LogP contribution in [0, 0.1) is 0 Å². The Bertz CT molecular complexity index is 505. The van der Waals surface area contributed by atoms with E-state index in [9.17, 15) is 4.79 Å². The van der Waals surface area contributed by atoms with E-state index in [-0.39, 0.29) is 5.56 Å². The standard InChI is InChI=1S/C11H9NO4/c1-15-9-4-7(10-5-12-6-16-10)2-3-8(9)11(13)14/h2-6H,1H3,(H,13,14). The number of carboxylic acid groups (broad SMARTS) is 1. The van der Waals surface area contributed by atoms with Crippen LogP contribution >= 0.6 is 0 Å². The first kappa shape index (κ1) is 10.2. The quantitative estimate of drug-likeness (QED) is 0.855. The van der Waals surface area contributed by atoms with Crippen molar-refractivity contribution in [2.24, 2.45) is 0 Å². The predicted octanol–water partition coefficient (Wildman–Crippen LogP) is 2.05. The number of oxazole rings is 1. The van der Waals surface area contributed by atoms with Gasteiger partial charge in [0.2, 0.25) is 0 Å². The number of hydrogen-bond acceptors (Lipinski definition) is 4. The van der Waals surface area contributed by atoms with E-state index in [1.165, 1.54) is 19.6 Å². The Morgan fingerprint density at radius 3 is 2.88 bits per heavy atom. The summed E-state index contributed by atoms with van der Waals surface area (Å²) in [4.78, 5) is 14.7. The van der Waals surface area contributed by atoms with Gasteiger partial charge < -0.3 is 14.3 Å². The second kappa shape index (κ2) is 4.06. The Hall–Kier alpha value is -2.30. The molecular weight excluding hydrogens is 210 g/mol. The average Bonchev–Trinajstić information content (AvgIpc) is 2.81. The second-order valence-corrected chi connectivity index (χ2v) is 3.09. The number of rotatable bonds is 3. The van der Waals surface area contributed by atoms with Gasteiger partial charge in [-0.2, -0.15) is 0 Å². The zero-order chi connectivity index (χ0) is 11.5. The van der Waals surface area contributed by atoms with Crippen molar-refractivity contribution >= 4 is 5.97 Å². The highest BCUT2D eigenvalue weighted by Gasteiger charge is 2.12. The average molecular weight is 219 g/mol. The van der Waals surface area contributed by atoms with Gasteiger partial charge in [-0.3, -0.25) is 0 Å². The lowest BCUT2D eigenvalue weighted by atomic mass is 10.1. The van der Waals surface area contributed by atoms with E-state index in [0.29, 0.717) is 11.5 Å². The zero-order valence-corrected chi connectivity index (χ0v) is 8.51. The summed E-state index contributed by atoms with van der Waals surface area (Å²) >= 11 is 0. The maximum absolute atomic E-state index is 10.9. The third-order valence-electron chi connectivity index (χ3n) is 2.15. The molecule has 5 nitrogen and oxygen atoms in total. The highest BCUT2D eigenvalue weighted by atomic mass is 16.5. The molecule has 1 aromatic heterocycles. The van der Waals surface area contributed by atoms with E-state index in [2.05, 4.69) is 4.98 Å². The molecule has 2 aromatic rings. The third kappa shape index (κ3) is 1.75. The van der Waals surface area contributed by atoms with E-state index >= 15 is 0 Å². The van der Waals surface area contributed by atoms with Gasteiger partial charge in [-0.15, -0.1) is 0 Å². The van der Waals surface area contributed by atoms with Crippen LogP contribution in [0.5, 0.6) is 5.75 Å². The molecule has 0 aliphatic carbocycles. The van der Waals surface area contributed by atoms with E-state index in [4.69, 9.17) is 14.3 Å². The summed E-state index contributed by atoms with van der Waals surface area (Å²) in [6, 6.07) is 4.72. The fraction of sp³-hybridized carbons (Fsp3) is 0.0909. The van der Waals surface area contributed by atoms with E-state index in [0.717, 1.165) is 5.56 Å². The van der Waals surface area contributed by atoms with Gasteiger partial charge in [0, 0.05) is 5.56 Å². The lowest BCUT2D eigenvalue weighted by molar-refractivity contribution is 0.0693. The van der Waals surface area contributed by atoms with E-state index in [1.54, 1.807) is 18.3 Å². The van der Waals surface area contributed by atoms with E-state index in [1.807, 2.05) is 0 Å². The SMILES string of the molecule is COc1cc(-c2cnco2)ccc1C(=O)O. The lowest BCUT2D eigenvalue weighted by Crippen LogP contribution is -2.00. The molecule has 0 unspecified atom stereocenters. The van der Waals surface area contributed by atoms with Crippen LogP contribution in [0.25, 0.3) is 11.3 Å². The van der Waals surface area contributed by atoms with Crippen LogP contribution in [-0.2, 0) is 0 Å². The third-order valence-corrected chi connectivity index (χ3v) is 2.15. The summed E-state index contributed by atoms with van der Waals surface area (Å²) in [7, 11) is 1.42. The summed E-state index contributed by atoms with van der Waals surface area (Å²) in [6.45, 7) is 0. The monoisotopic (exact) mass is 219 g/mol. The molecule has 0 saturated heterocycles. The zero-order valence-electron chi connectivity index (χ0n) is 8.51. The first-order chi connectivity index (χ1) is 7.72. The Morgan fingerprint density at radius 1 is 1.50 bits per heavy atom. The number of aromatic carboxylic acids is 1. The van der Waals surface area contributed by atoms with Crippen molar-refractivity contribution in [1.82, 2.24) is 4.98 Å². The molecule has 1 aromatic carbocycles. The molecule has 0 aliphatic rings. The molecule has 16 heavy (non-hydrogen) atoms. The molecule has 0 amide bonds. The molecule has 1 N–H and O–H groups in total. The minimum atomic E-state index is -1.03. The molecule has 82 valence electrons. The Kier molecular flexibility index (Phi) is 2.59. The van der Waals surface area contributed by atoms with Crippen LogP contribution in [0.1, 0.15) is 10.4 Å². The van der Waals surface area contributed by atoms with Gasteiger partial charge in [-0.05, 0) is 12.1 Å². The van der Waals surface area contributed by atoms with Gasteiger partial charge in [0.1, 0.15) is 11.3 Å². The number of nitrogens with zero attached hydrogens (tertiary/aromatic N) is 1. The molecule has 0 fully saturated rings. The molecule has 0 radical (unpaired) electrons. The maximum atomic E-state index is 10.9. The molecule has 0 aliphatic heterocycles. The second-order valence-electron chi connectivity index (χ2n) is 3.09. The number of ether oxygens (including phenoxy) is 1. The fourth-order valence-corrected chi connectivity index (χ4v) is 1.38. The predicted molar refractivity (Wildman–Crippen MR) is 55.5 cm³/mol. The fourth-order valence-electron chi connectivity index (χ4n) is 1.38. The highest BCUT2D eigenvalue weighted by Crippen LogP contribution is 2.26. The first-order valence-corrected chi connectivity index (χ1v) is 4.52. The van der Waals surface area contributed by atoms with Gasteiger partial charge in [-0.25, -0.2) is 9.78 Å². The molecule has 5 heteroatoms.